The molecule has 0 saturated heterocycles. The molecule has 2 nitrogen and oxygen atoms in total. The molecule has 0 fully saturated rings. The predicted molar refractivity (Wildman–Crippen MR) is 50.0 cm³/mol. The highest BCUT2D eigenvalue weighted by Gasteiger charge is 2.60. The number of hydrazine groups is 1. The van der Waals surface area contributed by atoms with Crippen LogP contribution < -0.4 is 11.3 Å². The first-order valence-corrected chi connectivity index (χ1v) is 5.24. The van der Waals surface area contributed by atoms with Crippen LogP contribution in [0.15, 0.2) is 16.8 Å². The fourth-order valence-electron chi connectivity index (χ4n) is 1.40. The quantitative estimate of drug-likeness (QED) is 0.507. The Labute approximate surface area is 96.4 Å². The van der Waals surface area contributed by atoms with Crippen LogP contribution in [-0.2, 0) is 0 Å². The van der Waals surface area contributed by atoms with Gasteiger partial charge in [-0.1, -0.05) is 0 Å². The van der Waals surface area contributed by atoms with Crippen LogP contribution in [0.25, 0.3) is 0 Å². The van der Waals surface area contributed by atoms with E-state index in [0.29, 0.717) is 0 Å². The van der Waals surface area contributed by atoms with E-state index in [9.17, 15) is 26.3 Å². The van der Waals surface area contributed by atoms with E-state index in [1.165, 1.54) is 16.8 Å². The van der Waals surface area contributed by atoms with Gasteiger partial charge in [0.15, 0.2) is 5.92 Å². The van der Waals surface area contributed by atoms with Gasteiger partial charge in [-0.2, -0.15) is 37.7 Å². The van der Waals surface area contributed by atoms with Crippen molar-refractivity contribution in [3.63, 3.8) is 0 Å². The number of thiophene rings is 1. The minimum absolute atomic E-state index is 0.142. The highest BCUT2D eigenvalue weighted by atomic mass is 32.1. The van der Waals surface area contributed by atoms with Gasteiger partial charge >= 0.3 is 12.4 Å². The summed E-state index contributed by atoms with van der Waals surface area (Å²) in [5, 5.41) is 2.57. The molecule has 1 heterocycles. The van der Waals surface area contributed by atoms with Gasteiger partial charge in [0, 0.05) is 0 Å². The van der Waals surface area contributed by atoms with E-state index in [2.05, 4.69) is 0 Å². The number of alkyl halides is 6. The molecule has 1 rings (SSSR count). The molecule has 0 amide bonds. The number of hydrogen-bond acceptors (Lipinski definition) is 3. The van der Waals surface area contributed by atoms with Crippen molar-refractivity contribution >= 4 is 11.3 Å². The molecule has 0 aliphatic heterocycles. The fraction of sp³-hybridized carbons (Fsp3) is 0.500. The molecule has 0 bridgehead atoms. The van der Waals surface area contributed by atoms with Gasteiger partial charge in [-0.3, -0.25) is 11.3 Å². The molecule has 1 unspecified atom stereocenters. The molecule has 0 saturated carbocycles. The van der Waals surface area contributed by atoms with Gasteiger partial charge in [-0.25, -0.2) is 0 Å². The Morgan fingerprint density at radius 2 is 1.65 bits per heavy atom. The topological polar surface area (TPSA) is 38.0 Å². The SMILES string of the molecule is NNC(c1ccsc1)C(C(F)(F)F)C(F)(F)F. The van der Waals surface area contributed by atoms with Crippen LogP contribution in [0.1, 0.15) is 11.6 Å². The van der Waals surface area contributed by atoms with Crippen LogP contribution in [-0.4, -0.2) is 12.4 Å². The molecule has 0 radical (unpaired) electrons. The number of hydrogen-bond donors (Lipinski definition) is 2. The van der Waals surface area contributed by atoms with E-state index < -0.39 is 24.3 Å². The summed E-state index contributed by atoms with van der Waals surface area (Å²) in [7, 11) is 0. The molecule has 98 valence electrons. The molecular weight excluding hydrogens is 270 g/mol. The number of nitrogens with two attached hydrogens (primary N) is 1. The molecule has 1 aromatic rings. The van der Waals surface area contributed by atoms with E-state index in [4.69, 9.17) is 5.84 Å². The van der Waals surface area contributed by atoms with Gasteiger partial charge in [0.1, 0.15) is 0 Å². The lowest BCUT2D eigenvalue weighted by Crippen LogP contribution is -2.47. The van der Waals surface area contributed by atoms with Crippen molar-refractivity contribution in [3.8, 4) is 0 Å². The van der Waals surface area contributed by atoms with E-state index in [1.54, 1.807) is 5.43 Å². The van der Waals surface area contributed by atoms with Gasteiger partial charge < -0.3 is 0 Å². The average Bonchev–Trinajstić information content (AvgIpc) is 2.61. The maximum atomic E-state index is 12.4. The minimum Gasteiger partial charge on any atom is -0.271 e. The standard InChI is InChI=1S/C8H8F6N2S/c9-7(10,11)6(8(12,13)14)5(16-15)4-1-2-17-3-4/h1-3,5-6,16H,15H2. The molecule has 3 N–H and O–H groups in total. The summed E-state index contributed by atoms with van der Waals surface area (Å²) in [5.41, 5.74) is 1.44. The van der Waals surface area contributed by atoms with Crippen molar-refractivity contribution in [3.05, 3.63) is 22.4 Å². The van der Waals surface area contributed by atoms with Gasteiger partial charge in [0.25, 0.3) is 0 Å². The lowest BCUT2D eigenvalue weighted by molar-refractivity contribution is -0.292. The molecule has 1 aromatic heterocycles. The van der Waals surface area contributed by atoms with Gasteiger partial charge in [0.2, 0.25) is 0 Å². The molecule has 9 heteroatoms. The first-order valence-electron chi connectivity index (χ1n) is 4.29. The van der Waals surface area contributed by atoms with Crippen molar-refractivity contribution in [1.82, 2.24) is 5.43 Å². The molecule has 0 aliphatic carbocycles. The Morgan fingerprint density at radius 3 is 1.94 bits per heavy atom. The van der Waals surface area contributed by atoms with E-state index in [-0.39, 0.29) is 5.56 Å². The van der Waals surface area contributed by atoms with E-state index >= 15 is 0 Å². The maximum absolute atomic E-state index is 12.4. The van der Waals surface area contributed by atoms with Crippen LogP contribution >= 0.6 is 11.3 Å². The summed E-state index contributed by atoms with van der Waals surface area (Å²) >= 11 is 0.992. The van der Waals surface area contributed by atoms with Crippen LogP contribution in [0.2, 0.25) is 0 Å². The summed E-state index contributed by atoms with van der Waals surface area (Å²) in [6.07, 6.45) is -10.8. The van der Waals surface area contributed by atoms with Crippen molar-refractivity contribution in [2.45, 2.75) is 18.4 Å². The van der Waals surface area contributed by atoms with Gasteiger partial charge in [-0.15, -0.1) is 0 Å². The first-order chi connectivity index (χ1) is 7.68. The van der Waals surface area contributed by atoms with Gasteiger partial charge in [-0.05, 0) is 22.4 Å². The average molecular weight is 278 g/mol. The molecule has 0 aromatic carbocycles. The maximum Gasteiger partial charge on any atom is 0.402 e. The summed E-state index contributed by atoms with van der Waals surface area (Å²) in [4.78, 5) is 0. The second-order valence-corrected chi connectivity index (χ2v) is 4.04. The Hall–Kier alpha value is -0.800. The van der Waals surface area contributed by atoms with Crippen LogP contribution in [0.4, 0.5) is 26.3 Å². The highest BCUT2D eigenvalue weighted by Crippen LogP contribution is 2.46. The Morgan fingerprint density at radius 1 is 1.12 bits per heavy atom. The molecule has 0 spiro atoms. The molecule has 0 aliphatic rings. The zero-order valence-electron chi connectivity index (χ0n) is 8.14. The Balaban J connectivity index is 3.13. The Kier molecular flexibility index (Phi) is 4.05. The summed E-state index contributed by atoms with van der Waals surface area (Å²) < 4.78 is 74.6. The zero-order chi connectivity index (χ0) is 13.3. The van der Waals surface area contributed by atoms with Crippen LogP contribution in [0.3, 0.4) is 0 Å². The number of halogens is 6. The third kappa shape index (κ3) is 3.33. The largest absolute Gasteiger partial charge is 0.402 e. The lowest BCUT2D eigenvalue weighted by Gasteiger charge is -2.29. The molecule has 1 atom stereocenters. The summed E-state index contributed by atoms with van der Waals surface area (Å²) in [5.74, 6) is 1.28. The second kappa shape index (κ2) is 4.83. The molecule has 17 heavy (non-hydrogen) atoms. The second-order valence-electron chi connectivity index (χ2n) is 3.26. The summed E-state index contributed by atoms with van der Waals surface area (Å²) in [6, 6.07) is -0.874. The number of nitrogens with one attached hydrogen (secondary N) is 1. The predicted octanol–water partition coefficient (Wildman–Crippen LogP) is 2.99. The third-order valence-corrected chi connectivity index (χ3v) is 2.82. The third-order valence-electron chi connectivity index (χ3n) is 2.12. The van der Waals surface area contributed by atoms with Crippen molar-refractivity contribution in [1.29, 1.82) is 0 Å². The number of rotatable bonds is 3. The van der Waals surface area contributed by atoms with Crippen molar-refractivity contribution in [2.24, 2.45) is 11.8 Å². The Bertz CT molecular complexity index is 330. The lowest BCUT2D eigenvalue weighted by atomic mass is 9.94. The van der Waals surface area contributed by atoms with Gasteiger partial charge in [0.05, 0.1) is 6.04 Å². The minimum atomic E-state index is -5.42. The first kappa shape index (κ1) is 14.3. The monoisotopic (exact) mass is 278 g/mol. The van der Waals surface area contributed by atoms with E-state index in [1.807, 2.05) is 0 Å². The van der Waals surface area contributed by atoms with Crippen LogP contribution in [0, 0.1) is 5.92 Å². The fourth-order valence-corrected chi connectivity index (χ4v) is 2.10. The van der Waals surface area contributed by atoms with Crippen LogP contribution in [0.5, 0.6) is 0 Å². The smallest absolute Gasteiger partial charge is 0.271 e. The zero-order valence-corrected chi connectivity index (χ0v) is 8.96. The molecular formula is C8H8F6N2S. The van der Waals surface area contributed by atoms with Crippen molar-refractivity contribution in [2.75, 3.05) is 0 Å². The summed E-state index contributed by atoms with van der Waals surface area (Å²) in [6.45, 7) is 0. The highest BCUT2D eigenvalue weighted by molar-refractivity contribution is 7.07. The van der Waals surface area contributed by atoms with E-state index in [0.717, 1.165) is 11.3 Å². The van der Waals surface area contributed by atoms with Crippen molar-refractivity contribution < 1.29 is 26.3 Å². The normalized spacial score (nSPS) is 15.3.